The second-order valence-corrected chi connectivity index (χ2v) is 4.89. The van der Waals surface area contributed by atoms with Gasteiger partial charge >= 0.3 is 0 Å². The van der Waals surface area contributed by atoms with Gasteiger partial charge in [0.05, 0.1) is 12.6 Å². The number of nitrogens with one attached hydrogen (secondary N) is 2. The molecule has 0 aromatic heterocycles. The summed E-state index contributed by atoms with van der Waals surface area (Å²) in [5, 5.41) is 5.04. The largest absolute Gasteiger partial charge is 0.348 e. The van der Waals surface area contributed by atoms with Crippen molar-refractivity contribution < 1.29 is 18.4 Å². The van der Waals surface area contributed by atoms with Crippen LogP contribution in [0, 0.1) is 11.6 Å². The van der Waals surface area contributed by atoms with Crippen molar-refractivity contribution in [3.63, 3.8) is 0 Å². The molecule has 4 nitrogen and oxygen atoms in total. The molecule has 1 aliphatic carbocycles. The average Bonchev–Trinajstić information content (AvgIpc) is 2.45. The summed E-state index contributed by atoms with van der Waals surface area (Å²) in [6.45, 7) is 3.08. The number of benzene rings is 1. The first-order valence-electron chi connectivity index (χ1n) is 6.68. The van der Waals surface area contributed by atoms with Gasteiger partial charge in [0.25, 0.3) is 0 Å². The van der Waals surface area contributed by atoms with Gasteiger partial charge in [-0.25, -0.2) is 8.78 Å². The quantitative estimate of drug-likeness (QED) is 0.831. The molecule has 2 rings (SSSR count). The third-order valence-corrected chi connectivity index (χ3v) is 3.43. The highest BCUT2D eigenvalue weighted by molar-refractivity contribution is 5.90. The van der Waals surface area contributed by atoms with E-state index in [4.69, 9.17) is 0 Å². The van der Waals surface area contributed by atoms with Crippen LogP contribution in [0.15, 0.2) is 24.8 Å². The Hall–Kier alpha value is -2.24. The van der Waals surface area contributed by atoms with Crippen LogP contribution in [0.4, 0.5) is 8.78 Å². The minimum absolute atomic E-state index is 0.200. The van der Waals surface area contributed by atoms with Crippen LogP contribution < -0.4 is 10.6 Å². The Morgan fingerprint density at radius 3 is 2.86 bits per heavy atom. The predicted octanol–water partition coefficient (Wildman–Crippen LogP) is 1.76. The Labute approximate surface area is 121 Å². The Kier molecular flexibility index (Phi) is 4.67. The topological polar surface area (TPSA) is 58.2 Å². The second kappa shape index (κ2) is 6.47. The molecule has 0 bridgehead atoms. The zero-order valence-electron chi connectivity index (χ0n) is 11.4. The highest BCUT2D eigenvalue weighted by atomic mass is 19.1. The van der Waals surface area contributed by atoms with Crippen LogP contribution in [0.3, 0.4) is 0 Å². The van der Waals surface area contributed by atoms with Crippen LogP contribution in [0.25, 0.3) is 0 Å². The molecule has 0 heterocycles. The lowest BCUT2D eigenvalue weighted by molar-refractivity contribution is -0.124. The molecule has 1 atom stereocenters. The summed E-state index contributed by atoms with van der Waals surface area (Å²) < 4.78 is 27.1. The molecule has 0 aliphatic heterocycles. The van der Waals surface area contributed by atoms with Gasteiger partial charge in [0.15, 0.2) is 0 Å². The summed E-state index contributed by atoms with van der Waals surface area (Å²) in [6.07, 6.45) is 2.91. The maximum absolute atomic E-state index is 13.7. The maximum atomic E-state index is 13.7. The highest BCUT2D eigenvalue weighted by Gasteiger charge is 2.25. The zero-order valence-corrected chi connectivity index (χ0v) is 11.4. The molecule has 2 amide bonds. The van der Waals surface area contributed by atoms with Gasteiger partial charge in [-0.1, -0.05) is 6.58 Å². The minimum Gasteiger partial charge on any atom is -0.348 e. The average molecular weight is 294 g/mol. The molecule has 0 radical (unpaired) electrons. The molecule has 1 aromatic carbocycles. The summed E-state index contributed by atoms with van der Waals surface area (Å²) in [6, 6.07) is 1.67. The van der Waals surface area contributed by atoms with E-state index in [1.807, 2.05) is 0 Å². The Balaban J connectivity index is 2.08. The fourth-order valence-corrected chi connectivity index (χ4v) is 2.47. The zero-order chi connectivity index (χ0) is 15.4. The smallest absolute Gasteiger partial charge is 0.243 e. The third-order valence-electron chi connectivity index (χ3n) is 3.43. The highest BCUT2D eigenvalue weighted by Crippen LogP contribution is 2.32. The third kappa shape index (κ3) is 3.65. The van der Waals surface area contributed by atoms with Gasteiger partial charge in [-0.15, -0.1) is 0 Å². The number of carbonyl (C=O) groups excluding carboxylic acids is 2. The van der Waals surface area contributed by atoms with E-state index in [2.05, 4.69) is 17.2 Å². The number of rotatable bonds is 4. The maximum Gasteiger partial charge on any atom is 0.243 e. The number of fused-ring (bicyclic) bond motifs is 1. The van der Waals surface area contributed by atoms with Crippen LogP contribution in [0.1, 0.15) is 30.0 Å². The summed E-state index contributed by atoms with van der Waals surface area (Å²) in [5.41, 5.74) is 0.922. The number of carbonyl (C=O) groups is 2. The van der Waals surface area contributed by atoms with Crippen molar-refractivity contribution in [2.45, 2.75) is 25.3 Å². The van der Waals surface area contributed by atoms with Crippen molar-refractivity contribution in [3.05, 3.63) is 47.5 Å². The normalized spacial score (nSPS) is 16.8. The van der Waals surface area contributed by atoms with E-state index < -0.39 is 29.5 Å². The molecular formula is C15H16F2N2O2. The van der Waals surface area contributed by atoms with Crippen molar-refractivity contribution >= 4 is 11.8 Å². The molecule has 0 saturated heterocycles. The van der Waals surface area contributed by atoms with Crippen LogP contribution in [-0.4, -0.2) is 18.4 Å². The Bertz CT molecular complexity index is 587. The summed E-state index contributed by atoms with van der Waals surface area (Å²) in [4.78, 5) is 22.8. The van der Waals surface area contributed by atoms with E-state index in [0.717, 1.165) is 12.1 Å². The van der Waals surface area contributed by atoms with Gasteiger partial charge in [-0.05, 0) is 42.5 Å². The van der Waals surface area contributed by atoms with Gasteiger partial charge in [0.2, 0.25) is 11.8 Å². The van der Waals surface area contributed by atoms with Gasteiger partial charge in [0.1, 0.15) is 11.6 Å². The molecule has 6 heteroatoms. The first kappa shape index (κ1) is 15.2. The lowest BCUT2D eigenvalue weighted by atomic mass is 9.87. The molecule has 0 fully saturated rings. The van der Waals surface area contributed by atoms with Gasteiger partial charge in [-0.3, -0.25) is 9.59 Å². The number of hydrogen-bond donors (Lipinski definition) is 2. The summed E-state index contributed by atoms with van der Waals surface area (Å²) in [7, 11) is 0. The Morgan fingerprint density at radius 2 is 2.14 bits per heavy atom. The number of hydrogen-bond acceptors (Lipinski definition) is 2. The summed E-state index contributed by atoms with van der Waals surface area (Å²) >= 11 is 0. The van der Waals surface area contributed by atoms with E-state index in [1.54, 1.807) is 0 Å². The minimum atomic E-state index is -0.660. The first-order valence-corrected chi connectivity index (χ1v) is 6.68. The molecular weight excluding hydrogens is 278 g/mol. The molecule has 112 valence electrons. The van der Waals surface area contributed by atoms with E-state index in [0.29, 0.717) is 30.4 Å². The van der Waals surface area contributed by atoms with Crippen LogP contribution >= 0.6 is 0 Å². The standard InChI is InChI=1S/C15H16F2N2O2/c1-2-14(20)18-8-15(21)19-13-5-3-4-10-11(13)6-9(16)7-12(10)17/h2,6-7,13H,1,3-5,8H2,(H,18,20)(H,19,21)/t13-/m1/s1. The molecule has 0 saturated carbocycles. The van der Waals surface area contributed by atoms with E-state index >= 15 is 0 Å². The molecule has 1 aliphatic rings. The van der Waals surface area contributed by atoms with Crippen molar-refractivity contribution in [2.75, 3.05) is 6.54 Å². The van der Waals surface area contributed by atoms with Crippen molar-refractivity contribution in [1.82, 2.24) is 10.6 Å². The van der Waals surface area contributed by atoms with Crippen LogP contribution in [0.5, 0.6) is 0 Å². The van der Waals surface area contributed by atoms with E-state index in [-0.39, 0.29) is 6.54 Å². The molecule has 1 aromatic rings. The van der Waals surface area contributed by atoms with E-state index in [9.17, 15) is 18.4 Å². The number of amides is 2. The fourth-order valence-electron chi connectivity index (χ4n) is 2.47. The molecule has 2 N–H and O–H groups in total. The summed E-state index contributed by atoms with van der Waals surface area (Å²) in [5.74, 6) is -2.10. The monoisotopic (exact) mass is 294 g/mol. The van der Waals surface area contributed by atoms with Crippen molar-refractivity contribution in [3.8, 4) is 0 Å². The lowest BCUT2D eigenvalue weighted by Crippen LogP contribution is -2.39. The van der Waals surface area contributed by atoms with Crippen LogP contribution in [0.2, 0.25) is 0 Å². The van der Waals surface area contributed by atoms with Crippen molar-refractivity contribution in [2.24, 2.45) is 0 Å². The molecule has 0 spiro atoms. The second-order valence-electron chi connectivity index (χ2n) is 4.89. The first-order chi connectivity index (χ1) is 10.0. The Morgan fingerprint density at radius 1 is 1.38 bits per heavy atom. The molecule has 0 unspecified atom stereocenters. The number of halogens is 2. The fraction of sp³-hybridized carbons (Fsp3) is 0.333. The van der Waals surface area contributed by atoms with Gasteiger partial charge in [0, 0.05) is 6.07 Å². The van der Waals surface area contributed by atoms with Crippen LogP contribution in [-0.2, 0) is 16.0 Å². The lowest BCUT2D eigenvalue weighted by Gasteiger charge is -2.26. The molecule has 21 heavy (non-hydrogen) atoms. The van der Waals surface area contributed by atoms with E-state index in [1.165, 1.54) is 6.07 Å². The van der Waals surface area contributed by atoms with Gasteiger partial charge < -0.3 is 10.6 Å². The SMILES string of the molecule is C=CC(=O)NCC(=O)N[C@@H]1CCCc2c(F)cc(F)cc21. The van der Waals surface area contributed by atoms with Gasteiger partial charge in [-0.2, -0.15) is 0 Å². The van der Waals surface area contributed by atoms with Crippen molar-refractivity contribution in [1.29, 1.82) is 0 Å². The predicted molar refractivity (Wildman–Crippen MR) is 73.4 cm³/mol.